The first-order chi connectivity index (χ1) is 14.3. The number of piperidine rings is 1. The van der Waals surface area contributed by atoms with Gasteiger partial charge in [0.1, 0.15) is 16.5 Å². The van der Waals surface area contributed by atoms with Gasteiger partial charge < -0.3 is 9.64 Å². The summed E-state index contributed by atoms with van der Waals surface area (Å²) in [5.74, 6) is 2.67. The molecule has 5 nitrogen and oxygen atoms in total. The minimum absolute atomic E-state index is 0.297. The second-order valence-corrected chi connectivity index (χ2v) is 11.4. The van der Waals surface area contributed by atoms with Crippen molar-refractivity contribution in [3.05, 3.63) is 24.0 Å². The Balaban J connectivity index is 1.16. The van der Waals surface area contributed by atoms with Crippen LogP contribution in [0.4, 0.5) is 4.39 Å². The number of amides is 1. The molecule has 0 radical (unpaired) electrons. The van der Waals surface area contributed by atoms with Crippen LogP contribution in [-0.2, 0) is 14.6 Å². The zero-order valence-corrected chi connectivity index (χ0v) is 18.5. The van der Waals surface area contributed by atoms with Crippen molar-refractivity contribution in [3.63, 3.8) is 0 Å². The van der Waals surface area contributed by atoms with Crippen LogP contribution < -0.4 is 4.74 Å². The molecule has 0 N–H and O–H groups in total. The average molecular weight is 438 g/mol. The van der Waals surface area contributed by atoms with Crippen LogP contribution in [-0.4, -0.2) is 45.2 Å². The molecule has 0 aromatic heterocycles. The monoisotopic (exact) mass is 437 g/mol. The Morgan fingerprint density at radius 2 is 1.93 bits per heavy atom. The maximum atomic E-state index is 13.9. The van der Waals surface area contributed by atoms with Crippen molar-refractivity contribution < 1.29 is 22.3 Å². The van der Waals surface area contributed by atoms with Gasteiger partial charge in [-0.1, -0.05) is 6.42 Å². The van der Waals surface area contributed by atoms with Gasteiger partial charge in [0.15, 0.2) is 9.84 Å². The highest BCUT2D eigenvalue weighted by Gasteiger charge is 2.43. The van der Waals surface area contributed by atoms with Crippen LogP contribution in [0.2, 0.25) is 0 Å². The molecule has 1 amide bonds. The lowest BCUT2D eigenvalue weighted by Gasteiger charge is -2.34. The SMILES string of the molecule is CS(=O)(=O)c1ccc(OCC[C@@H]2C[C@@H]2C2CCN(C(=O)CC3CCC3)CC2)cc1F. The van der Waals surface area contributed by atoms with Crippen LogP contribution in [0.25, 0.3) is 0 Å². The standard InChI is InChI=1S/C23H32FNO4S/c1-30(27,28)22-6-5-19(15-21(22)24)29-12-9-18-14-20(18)17-7-10-25(11-8-17)23(26)13-16-3-2-4-16/h5-6,15-18,20H,2-4,7-14H2,1H3/t18-,20-/m1/s1. The normalized spacial score (nSPS) is 25.1. The highest BCUT2D eigenvalue weighted by atomic mass is 32.2. The lowest BCUT2D eigenvalue weighted by Crippen LogP contribution is -2.40. The summed E-state index contributed by atoms with van der Waals surface area (Å²) in [5, 5.41) is 0. The van der Waals surface area contributed by atoms with Crippen LogP contribution in [0.1, 0.15) is 51.4 Å². The molecule has 4 rings (SSSR count). The van der Waals surface area contributed by atoms with E-state index in [0.29, 0.717) is 36.0 Å². The van der Waals surface area contributed by atoms with Crippen molar-refractivity contribution in [2.45, 2.75) is 56.3 Å². The number of hydrogen-bond donors (Lipinski definition) is 0. The van der Waals surface area contributed by atoms with Gasteiger partial charge in [0.05, 0.1) is 6.61 Å². The topological polar surface area (TPSA) is 63.7 Å². The van der Waals surface area contributed by atoms with Crippen molar-refractivity contribution in [1.82, 2.24) is 4.90 Å². The zero-order chi connectivity index (χ0) is 21.3. The third kappa shape index (κ3) is 5.16. The summed E-state index contributed by atoms with van der Waals surface area (Å²) in [6, 6.07) is 3.93. The van der Waals surface area contributed by atoms with Crippen LogP contribution in [0.15, 0.2) is 23.1 Å². The van der Waals surface area contributed by atoms with E-state index in [-0.39, 0.29) is 4.90 Å². The first-order valence-electron chi connectivity index (χ1n) is 11.2. The predicted molar refractivity (Wildman–Crippen MR) is 112 cm³/mol. The van der Waals surface area contributed by atoms with E-state index in [1.54, 1.807) is 0 Å². The maximum Gasteiger partial charge on any atom is 0.222 e. The Bertz CT molecular complexity index is 875. The quantitative estimate of drug-likeness (QED) is 0.615. The number of carbonyl (C=O) groups is 1. The molecule has 1 aromatic rings. The zero-order valence-electron chi connectivity index (χ0n) is 17.7. The smallest absolute Gasteiger partial charge is 0.222 e. The first kappa shape index (κ1) is 21.6. The minimum atomic E-state index is -3.56. The van der Waals surface area contributed by atoms with Crippen molar-refractivity contribution in [2.75, 3.05) is 26.0 Å². The highest BCUT2D eigenvalue weighted by molar-refractivity contribution is 7.90. The number of ether oxygens (including phenoxy) is 1. The molecule has 0 unspecified atom stereocenters. The van der Waals surface area contributed by atoms with E-state index in [1.165, 1.54) is 37.8 Å². The van der Waals surface area contributed by atoms with Crippen molar-refractivity contribution in [3.8, 4) is 5.75 Å². The van der Waals surface area contributed by atoms with E-state index in [9.17, 15) is 17.6 Å². The Morgan fingerprint density at radius 3 is 2.53 bits per heavy atom. The molecule has 1 aliphatic heterocycles. The first-order valence-corrected chi connectivity index (χ1v) is 13.1. The summed E-state index contributed by atoms with van der Waals surface area (Å²) in [5.41, 5.74) is 0. The number of likely N-dealkylation sites (tertiary alicyclic amines) is 1. The largest absolute Gasteiger partial charge is 0.493 e. The Morgan fingerprint density at radius 1 is 1.20 bits per heavy atom. The van der Waals surface area contributed by atoms with E-state index >= 15 is 0 Å². The lowest BCUT2D eigenvalue weighted by atomic mass is 9.82. The molecule has 166 valence electrons. The number of hydrogen-bond acceptors (Lipinski definition) is 4. The van der Waals surface area contributed by atoms with Crippen molar-refractivity contribution >= 4 is 15.7 Å². The lowest BCUT2D eigenvalue weighted by molar-refractivity contribution is -0.134. The van der Waals surface area contributed by atoms with E-state index in [2.05, 4.69) is 4.90 Å². The average Bonchev–Trinajstić information content (AvgIpc) is 3.43. The second kappa shape index (κ2) is 8.85. The van der Waals surface area contributed by atoms with Crippen LogP contribution >= 0.6 is 0 Å². The number of halogens is 1. The van der Waals surface area contributed by atoms with Crippen molar-refractivity contribution in [1.29, 1.82) is 0 Å². The van der Waals surface area contributed by atoms with E-state index in [0.717, 1.165) is 57.0 Å². The van der Waals surface area contributed by atoms with Gasteiger partial charge in [-0.05, 0) is 74.3 Å². The molecule has 1 saturated heterocycles. The van der Waals surface area contributed by atoms with Crippen molar-refractivity contribution in [2.24, 2.45) is 23.7 Å². The second-order valence-electron chi connectivity index (χ2n) is 9.38. The van der Waals surface area contributed by atoms with E-state index in [1.807, 2.05) is 0 Å². The number of carbonyl (C=O) groups excluding carboxylic acids is 1. The number of rotatable bonds is 8. The van der Waals surface area contributed by atoms with Gasteiger partial charge in [0.25, 0.3) is 0 Å². The summed E-state index contributed by atoms with van der Waals surface area (Å²) < 4.78 is 42.6. The Kier molecular flexibility index (Phi) is 6.37. The molecular formula is C23H32FNO4S. The van der Waals surface area contributed by atoms with Crippen LogP contribution in [0.5, 0.6) is 5.75 Å². The maximum absolute atomic E-state index is 13.9. The molecule has 3 aliphatic rings. The van der Waals surface area contributed by atoms with Gasteiger partial charge >= 0.3 is 0 Å². The van der Waals surface area contributed by atoms with Crippen LogP contribution in [0.3, 0.4) is 0 Å². The number of benzene rings is 1. The molecule has 2 aliphatic carbocycles. The summed E-state index contributed by atoms with van der Waals surface area (Å²) in [6.45, 7) is 2.32. The molecule has 0 bridgehead atoms. The Labute approximate surface area is 178 Å². The summed E-state index contributed by atoms with van der Waals surface area (Å²) in [4.78, 5) is 14.2. The fraction of sp³-hybridized carbons (Fsp3) is 0.696. The van der Waals surface area contributed by atoms with Gasteiger partial charge in [0, 0.05) is 31.8 Å². The predicted octanol–water partition coefficient (Wildman–Crippen LogP) is 4.06. The van der Waals surface area contributed by atoms with Gasteiger partial charge in [-0.15, -0.1) is 0 Å². The molecule has 2 saturated carbocycles. The molecule has 2 atom stereocenters. The van der Waals surface area contributed by atoms with Gasteiger partial charge in [-0.2, -0.15) is 0 Å². The fourth-order valence-electron chi connectivity index (χ4n) is 5.03. The summed E-state index contributed by atoms with van der Waals surface area (Å²) >= 11 is 0. The molecular weight excluding hydrogens is 405 g/mol. The molecule has 0 spiro atoms. The Hall–Kier alpha value is -1.63. The number of sulfone groups is 1. The van der Waals surface area contributed by atoms with Gasteiger partial charge in [-0.3, -0.25) is 4.79 Å². The molecule has 30 heavy (non-hydrogen) atoms. The molecule has 7 heteroatoms. The van der Waals surface area contributed by atoms with Gasteiger partial charge in [0.2, 0.25) is 5.91 Å². The molecule has 1 aromatic carbocycles. The van der Waals surface area contributed by atoms with Gasteiger partial charge in [-0.25, -0.2) is 12.8 Å². The molecule has 1 heterocycles. The van der Waals surface area contributed by atoms with Crippen LogP contribution in [0, 0.1) is 29.5 Å². The number of nitrogens with zero attached hydrogens (tertiary/aromatic N) is 1. The van der Waals surface area contributed by atoms with E-state index < -0.39 is 15.7 Å². The third-order valence-electron chi connectivity index (χ3n) is 7.22. The van der Waals surface area contributed by atoms with E-state index in [4.69, 9.17) is 4.74 Å². The molecule has 3 fully saturated rings. The fourth-order valence-corrected chi connectivity index (χ4v) is 5.76. The summed E-state index contributed by atoms with van der Waals surface area (Å²) in [6.07, 6.45) is 9.84. The summed E-state index contributed by atoms with van der Waals surface area (Å²) in [7, 11) is -3.56. The highest BCUT2D eigenvalue weighted by Crippen LogP contribution is 2.49. The third-order valence-corrected chi connectivity index (χ3v) is 8.35. The minimum Gasteiger partial charge on any atom is -0.493 e.